The Hall–Kier alpha value is -0.790. The number of terminal acetylenes is 1. The molecule has 1 atom stereocenters. The molecule has 2 rings (SSSR count). The van der Waals surface area contributed by atoms with Gasteiger partial charge in [-0.25, -0.2) is 0 Å². The van der Waals surface area contributed by atoms with Crippen LogP contribution in [-0.2, 0) is 0 Å². The van der Waals surface area contributed by atoms with Gasteiger partial charge in [0.15, 0.2) is 0 Å². The van der Waals surface area contributed by atoms with Crippen LogP contribution in [0.1, 0.15) is 22.2 Å². The van der Waals surface area contributed by atoms with Crippen LogP contribution < -0.4 is 5.32 Å². The lowest BCUT2D eigenvalue weighted by Crippen LogP contribution is -2.21. The normalized spacial score (nSPS) is 12.2. The summed E-state index contributed by atoms with van der Waals surface area (Å²) in [6.07, 6.45) is 6.01. The molecule has 0 radical (unpaired) electrons. The first kappa shape index (κ1) is 12.7. The second-order valence-corrected chi connectivity index (χ2v) is 6.22. The molecule has 0 saturated heterocycles. The van der Waals surface area contributed by atoms with Crippen molar-refractivity contribution in [2.24, 2.45) is 0 Å². The Morgan fingerprint density at radius 2 is 2.24 bits per heavy atom. The van der Waals surface area contributed by atoms with E-state index in [9.17, 15) is 0 Å². The van der Waals surface area contributed by atoms with Gasteiger partial charge in [-0.15, -0.1) is 35.0 Å². The number of thiophene rings is 2. The molecule has 0 aliphatic carbocycles. The van der Waals surface area contributed by atoms with E-state index < -0.39 is 0 Å². The topological polar surface area (TPSA) is 12.0 Å². The van der Waals surface area contributed by atoms with Crippen LogP contribution in [0.5, 0.6) is 0 Å². The smallest absolute Gasteiger partial charge is 0.0931 e. The van der Waals surface area contributed by atoms with E-state index in [2.05, 4.69) is 34.8 Å². The Bertz CT molecular complexity index is 496. The fourth-order valence-electron chi connectivity index (χ4n) is 1.57. The van der Waals surface area contributed by atoms with Crippen molar-refractivity contribution in [1.82, 2.24) is 5.32 Å². The predicted octanol–water partition coefficient (Wildman–Crippen LogP) is 4.17. The fraction of sp³-hybridized carbons (Fsp3) is 0.231. The van der Waals surface area contributed by atoms with Gasteiger partial charge in [0.05, 0.1) is 10.4 Å². The number of halogens is 1. The van der Waals surface area contributed by atoms with Crippen LogP contribution in [0, 0.1) is 12.3 Å². The minimum atomic E-state index is 0.209. The summed E-state index contributed by atoms with van der Waals surface area (Å²) >= 11 is 9.34. The maximum atomic E-state index is 5.99. The highest BCUT2D eigenvalue weighted by molar-refractivity contribution is 7.16. The Labute approximate surface area is 114 Å². The molecule has 1 nitrogen and oxygen atoms in total. The van der Waals surface area contributed by atoms with Crippen molar-refractivity contribution in [3.05, 3.63) is 43.7 Å². The molecule has 0 aliphatic rings. The van der Waals surface area contributed by atoms with Gasteiger partial charge in [-0.05, 0) is 23.6 Å². The summed E-state index contributed by atoms with van der Waals surface area (Å²) < 4.78 is 0.820. The van der Waals surface area contributed by atoms with Gasteiger partial charge in [-0.3, -0.25) is 0 Å². The quantitative estimate of drug-likeness (QED) is 0.641. The number of rotatable bonds is 5. The highest BCUT2D eigenvalue weighted by Crippen LogP contribution is 2.32. The van der Waals surface area contributed by atoms with Gasteiger partial charge < -0.3 is 5.32 Å². The largest absolute Gasteiger partial charge is 0.304 e. The maximum Gasteiger partial charge on any atom is 0.0931 e. The summed E-state index contributed by atoms with van der Waals surface area (Å²) in [5.41, 5.74) is 0. The Kier molecular flexibility index (Phi) is 4.64. The summed E-state index contributed by atoms with van der Waals surface area (Å²) in [6.45, 7) is 0.814. The van der Waals surface area contributed by atoms with Gasteiger partial charge in [-0.2, -0.15) is 0 Å². The van der Waals surface area contributed by atoms with Crippen molar-refractivity contribution in [3.63, 3.8) is 0 Å². The van der Waals surface area contributed by atoms with Gasteiger partial charge in [0, 0.05) is 22.7 Å². The SMILES string of the molecule is C#CCCNC(c1cccs1)c1ccc(Cl)s1. The van der Waals surface area contributed by atoms with E-state index in [4.69, 9.17) is 18.0 Å². The summed E-state index contributed by atoms with van der Waals surface area (Å²) in [6, 6.07) is 8.41. The average molecular weight is 282 g/mol. The molecule has 0 aromatic carbocycles. The van der Waals surface area contributed by atoms with Crippen LogP contribution >= 0.6 is 34.3 Å². The van der Waals surface area contributed by atoms with Crippen molar-refractivity contribution < 1.29 is 0 Å². The molecule has 2 heterocycles. The fourth-order valence-corrected chi connectivity index (χ4v) is 3.62. The predicted molar refractivity (Wildman–Crippen MR) is 76.9 cm³/mol. The molecule has 0 bridgehead atoms. The van der Waals surface area contributed by atoms with E-state index in [0.29, 0.717) is 0 Å². The maximum absolute atomic E-state index is 5.99. The van der Waals surface area contributed by atoms with Crippen LogP contribution in [-0.4, -0.2) is 6.54 Å². The highest BCUT2D eigenvalue weighted by Gasteiger charge is 2.16. The number of nitrogens with one attached hydrogen (secondary N) is 1. The third-order valence-electron chi connectivity index (χ3n) is 2.32. The zero-order valence-electron chi connectivity index (χ0n) is 9.15. The lowest BCUT2D eigenvalue weighted by atomic mass is 10.2. The molecule has 17 heavy (non-hydrogen) atoms. The molecule has 2 aromatic heterocycles. The molecule has 88 valence electrons. The van der Waals surface area contributed by atoms with Crippen LogP contribution in [0.25, 0.3) is 0 Å². The molecule has 0 spiro atoms. The van der Waals surface area contributed by atoms with E-state index in [-0.39, 0.29) is 6.04 Å². The molecule has 1 unspecified atom stereocenters. The zero-order valence-corrected chi connectivity index (χ0v) is 11.5. The first-order valence-corrected chi connectivity index (χ1v) is 7.34. The Morgan fingerprint density at radius 1 is 1.35 bits per heavy atom. The van der Waals surface area contributed by atoms with Crippen molar-refractivity contribution >= 4 is 34.3 Å². The molecule has 0 aliphatic heterocycles. The van der Waals surface area contributed by atoms with Gasteiger partial charge in [0.25, 0.3) is 0 Å². The third-order valence-corrected chi connectivity index (χ3v) is 4.56. The van der Waals surface area contributed by atoms with Crippen LogP contribution in [0.15, 0.2) is 29.6 Å². The molecule has 1 N–H and O–H groups in total. The lowest BCUT2D eigenvalue weighted by molar-refractivity contribution is 0.631. The Balaban J connectivity index is 2.16. The zero-order chi connectivity index (χ0) is 12.1. The first-order chi connectivity index (χ1) is 8.31. The van der Waals surface area contributed by atoms with E-state index >= 15 is 0 Å². The van der Waals surface area contributed by atoms with E-state index in [1.807, 2.05) is 6.07 Å². The molecule has 0 saturated carbocycles. The Morgan fingerprint density at radius 3 is 2.82 bits per heavy atom. The summed E-state index contributed by atoms with van der Waals surface area (Å²) in [5, 5.41) is 5.56. The second-order valence-electron chi connectivity index (χ2n) is 3.50. The molecule has 2 aromatic rings. The van der Waals surface area contributed by atoms with Crippen LogP contribution in [0.4, 0.5) is 0 Å². The van der Waals surface area contributed by atoms with Gasteiger partial charge >= 0.3 is 0 Å². The lowest BCUT2D eigenvalue weighted by Gasteiger charge is -2.15. The van der Waals surface area contributed by atoms with Crippen LogP contribution in [0.2, 0.25) is 4.34 Å². The monoisotopic (exact) mass is 281 g/mol. The summed E-state index contributed by atoms with van der Waals surface area (Å²) in [7, 11) is 0. The van der Waals surface area contributed by atoms with Gasteiger partial charge in [0.2, 0.25) is 0 Å². The average Bonchev–Trinajstić information content (AvgIpc) is 2.96. The minimum Gasteiger partial charge on any atom is -0.304 e. The van der Waals surface area contributed by atoms with E-state index in [1.165, 1.54) is 9.75 Å². The summed E-state index contributed by atoms with van der Waals surface area (Å²) in [5.74, 6) is 2.64. The minimum absolute atomic E-state index is 0.209. The van der Waals surface area contributed by atoms with Crippen LogP contribution in [0.3, 0.4) is 0 Å². The van der Waals surface area contributed by atoms with Crippen molar-refractivity contribution in [2.45, 2.75) is 12.5 Å². The first-order valence-electron chi connectivity index (χ1n) is 5.26. The molecule has 4 heteroatoms. The third kappa shape index (κ3) is 3.34. The second kappa shape index (κ2) is 6.23. The van der Waals surface area contributed by atoms with E-state index in [0.717, 1.165) is 17.3 Å². The molecular formula is C13H12ClNS2. The standard InChI is InChI=1S/C13H12ClNS2/c1-2-3-8-15-13(10-5-4-9-16-10)11-6-7-12(14)17-11/h1,4-7,9,13,15H,3,8H2. The van der Waals surface area contributed by atoms with Crippen molar-refractivity contribution in [2.75, 3.05) is 6.54 Å². The number of hydrogen-bond donors (Lipinski definition) is 1. The highest BCUT2D eigenvalue weighted by atomic mass is 35.5. The van der Waals surface area contributed by atoms with Gasteiger partial charge in [-0.1, -0.05) is 17.7 Å². The van der Waals surface area contributed by atoms with Crippen molar-refractivity contribution in [1.29, 1.82) is 0 Å². The summed E-state index contributed by atoms with van der Waals surface area (Å²) in [4.78, 5) is 2.52. The van der Waals surface area contributed by atoms with Gasteiger partial charge in [0.1, 0.15) is 0 Å². The molecule has 0 amide bonds. The number of hydrogen-bond acceptors (Lipinski definition) is 3. The van der Waals surface area contributed by atoms with E-state index in [1.54, 1.807) is 22.7 Å². The van der Waals surface area contributed by atoms with Crippen molar-refractivity contribution in [3.8, 4) is 12.3 Å². The molecular weight excluding hydrogens is 270 g/mol. The molecule has 0 fully saturated rings.